The lowest BCUT2D eigenvalue weighted by Crippen LogP contribution is -2.39. The highest BCUT2D eigenvalue weighted by Gasteiger charge is 2.30. The van der Waals surface area contributed by atoms with Crippen molar-refractivity contribution < 1.29 is 21.0 Å². The second-order valence-electron chi connectivity index (χ2n) is 7.21. The molecule has 0 aromatic heterocycles. The quantitative estimate of drug-likeness (QED) is 0.667. The first-order chi connectivity index (χ1) is 13.2. The van der Waals surface area contributed by atoms with Gasteiger partial charge in [-0.3, -0.25) is 4.18 Å². The third-order valence-corrected chi connectivity index (χ3v) is 8.21. The molecule has 1 aliphatic heterocycles. The maximum absolute atomic E-state index is 12.7. The summed E-state index contributed by atoms with van der Waals surface area (Å²) in [5.41, 5.74) is 1.98. The van der Waals surface area contributed by atoms with Crippen molar-refractivity contribution >= 4 is 20.1 Å². The fraction of sp³-hybridized carbons (Fsp3) is 0.400. The molecule has 0 saturated carbocycles. The largest absolute Gasteiger partial charge is 0.296 e. The molecule has 2 aromatic carbocycles. The maximum atomic E-state index is 12.7. The van der Waals surface area contributed by atoms with Crippen molar-refractivity contribution in [3.8, 4) is 0 Å². The zero-order valence-corrected chi connectivity index (χ0v) is 17.7. The van der Waals surface area contributed by atoms with Crippen LogP contribution in [0.2, 0.25) is 0 Å². The lowest BCUT2D eigenvalue weighted by molar-refractivity contribution is 0.189. The molecule has 1 heterocycles. The van der Waals surface area contributed by atoms with Crippen LogP contribution in [0.5, 0.6) is 0 Å². The van der Waals surface area contributed by atoms with Crippen LogP contribution >= 0.6 is 0 Å². The molecule has 1 saturated heterocycles. The van der Waals surface area contributed by atoms with Gasteiger partial charge >= 0.3 is 0 Å². The molecular formula is C20H25NO5S2. The summed E-state index contributed by atoms with van der Waals surface area (Å²) in [6, 6.07) is 13.3. The summed E-state index contributed by atoms with van der Waals surface area (Å²) in [4.78, 5) is 0.423. The zero-order valence-electron chi connectivity index (χ0n) is 16.0. The molecule has 0 radical (unpaired) electrons. The lowest BCUT2D eigenvalue weighted by atomic mass is 10.00. The van der Waals surface area contributed by atoms with Gasteiger partial charge in [-0.05, 0) is 56.9 Å². The zero-order chi connectivity index (χ0) is 20.4. The van der Waals surface area contributed by atoms with E-state index in [2.05, 4.69) is 0 Å². The Bertz CT molecular complexity index is 1010. The van der Waals surface area contributed by atoms with Gasteiger partial charge in [-0.1, -0.05) is 35.4 Å². The van der Waals surface area contributed by atoms with Gasteiger partial charge in [0.25, 0.3) is 10.1 Å². The number of rotatable bonds is 6. The predicted octanol–water partition coefficient (Wildman–Crippen LogP) is 3.11. The number of hydrogen-bond acceptors (Lipinski definition) is 5. The highest BCUT2D eigenvalue weighted by Crippen LogP contribution is 2.25. The van der Waals surface area contributed by atoms with E-state index in [1.165, 1.54) is 16.4 Å². The molecular weight excluding hydrogens is 398 g/mol. The van der Waals surface area contributed by atoms with E-state index in [1.54, 1.807) is 36.4 Å². The SMILES string of the molecule is Cc1ccc(S(=O)(=O)OCC2CCN(S(=O)(=O)c3ccc(C)cc3)CC2)cc1. The van der Waals surface area contributed by atoms with E-state index in [-0.39, 0.29) is 22.3 Å². The Morgan fingerprint density at radius 1 is 0.821 bits per heavy atom. The number of piperidine rings is 1. The Balaban J connectivity index is 1.57. The standard InChI is InChI=1S/C20H25NO5S2/c1-16-3-7-19(8-4-16)27(22,23)21-13-11-18(12-14-21)15-26-28(24,25)20-9-5-17(2)6-10-20/h3-10,18H,11-15H2,1-2H3. The molecule has 0 spiro atoms. The van der Waals surface area contributed by atoms with Gasteiger partial charge in [0.15, 0.2) is 0 Å². The van der Waals surface area contributed by atoms with Crippen LogP contribution in [0, 0.1) is 19.8 Å². The second-order valence-corrected chi connectivity index (χ2v) is 10.8. The molecule has 0 bridgehead atoms. The van der Waals surface area contributed by atoms with Crippen LogP contribution in [0.1, 0.15) is 24.0 Å². The molecule has 0 atom stereocenters. The van der Waals surface area contributed by atoms with Crippen LogP contribution in [0.25, 0.3) is 0 Å². The molecule has 2 aromatic rings. The summed E-state index contributed by atoms with van der Waals surface area (Å²) in [6.45, 7) is 4.57. The molecule has 152 valence electrons. The van der Waals surface area contributed by atoms with Gasteiger partial charge in [0.2, 0.25) is 10.0 Å². The van der Waals surface area contributed by atoms with Crippen LogP contribution < -0.4 is 0 Å². The average molecular weight is 424 g/mol. The molecule has 1 aliphatic rings. The minimum atomic E-state index is -3.80. The predicted molar refractivity (Wildman–Crippen MR) is 107 cm³/mol. The topological polar surface area (TPSA) is 80.8 Å². The third kappa shape index (κ3) is 4.81. The summed E-state index contributed by atoms with van der Waals surface area (Å²) < 4.78 is 56.7. The number of hydrogen-bond donors (Lipinski definition) is 0. The fourth-order valence-corrected chi connectivity index (χ4v) is 5.58. The van der Waals surface area contributed by atoms with E-state index in [0.29, 0.717) is 25.9 Å². The van der Waals surface area contributed by atoms with Crippen molar-refractivity contribution in [2.24, 2.45) is 5.92 Å². The summed E-state index contributed by atoms with van der Waals surface area (Å²) >= 11 is 0. The fourth-order valence-electron chi connectivity index (χ4n) is 3.13. The Morgan fingerprint density at radius 2 is 1.29 bits per heavy atom. The highest BCUT2D eigenvalue weighted by atomic mass is 32.2. The summed E-state index contributed by atoms with van der Waals surface area (Å²) in [5.74, 6) is 0.00434. The molecule has 8 heteroatoms. The van der Waals surface area contributed by atoms with Gasteiger partial charge in [-0.15, -0.1) is 0 Å². The van der Waals surface area contributed by atoms with Gasteiger partial charge in [0.1, 0.15) is 0 Å². The molecule has 0 aliphatic carbocycles. The lowest BCUT2D eigenvalue weighted by Gasteiger charge is -2.30. The van der Waals surface area contributed by atoms with Crippen LogP contribution in [0.4, 0.5) is 0 Å². The van der Waals surface area contributed by atoms with E-state index < -0.39 is 20.1 Å². The molecule has 0 unspecified atom stereocenters. The van der Waals surface area contributed by atoms with E-state index in [0.717, 1.165) is 11.1 Å². The molecule has 0 N–H and O–H groups in total. The smallest absolute Gasteiger partial charge is 0.266 e. The molecule has 1 fully saturated rings. The minimum Gasteiger partial charge on any atom is -0.266 e. The highest BCUT2D eigenvalue weighted by molar-refractivity contribution is 7.89. The van der Waals surface area contributed by atoms with Crippen LogP contribution in [0.15, 0.2) is 58.3 Å². The van der Waals surface area contributed by atoms with Gasteiger partial charge in [0, 0.05) is 13.1 Å². The van der Waals surface area contributed by atoms with Crippen LogP contribution in [-0.4, -0.2) is 40.8 Å². The third-order valence-electron chi connectivity index (χ3n) is 5.00. The van der Waals surface area contributed by atoms with Crippen LogP contribution in [-0.2, 0) is 24.3 Å². The monoisotopic (exact) mass is 423 g/mol. The van der Waals surface area contributed by atoms with Crippen molar-refractivity contribution in [2.45, 2.75) is 36.5 Å². The van der Waals surface area contributed by atoms with Crippen molar-refractivity contribution in [3.05, 3.63) is 59.7 Å². The number of aryl methyl sites for hydroxylation is 2. The van der Waals surface area contributed by atoms with Gasteiger partial charge in [-0.2, -0.15) is 12.7 Å². The van der Waals surface area contributed by atoms with Gasteiger partial charge in [-0.25, -0.2) is 8.42 Å². The summed E-state index contributed by atoms with van der Waals surface area (Å²) in [6.07, 6.45) is 1.13. The average Bonchev–Trinajstić information content (AvgIpc) is 2.67. The summed E-state index contributed by atoms with van der Waals surface area (Å²) in [7, 11) is -7.32. The Morgan fingerprint density at radius 3 is 1.79 bits per heavy atom. The molecule has 0 amide bonds. The Hall–Kier alpha value is -1.74. The normalized spacial score (nSPS) is 16.9. The van der Waals surface area contributed by atoms with E-state index in [1.807, 2.05) is 13.8 Å². The Kier molecular flexibility index (Phi) is 6.24. The first-order valence-electron chi connectivity index (χ1n) is 9.21. The van der Waals surface area contributed by atoms with Crippen molar-refractivity contribution in [1.82, 2.24) is 4.31 Å². The maximum Gasteiger partial charge on any atom is 0.296 e. The Labute approximate surface area is 167 Å². The molecule has 3 rings (SSSR count). The van der Waals surface area contributed by atoms with Crippen molar-refractivity contribution in [3.63, 3.8) is 0 Å². The first kappa shape index (κ1) is 21.0. The first-order valence-corrected chi connectivity index (χ1v) is 12.1. The van der Waals surface area contributed by atoms with Crippen molar-refractivity contribution in [1.29, 1.82) is 0 Å². The molecule has 28 heavy (non-hydrogen) atoms. The van der Waals surface area contributed by atoms with E-state index in [9.17, 15) is 16.8 Å². The van der Waals surface area contributed by atoms with Gasteiger partial charge < -0.3 is 0 Å². The molecule has 6 nitrogen and oxygen atoms in total. The minimum absolute atomic E-state index is 0.00434. The number of nitrogens with zero attached hydrogens (tertiary/aromatic N) is 1. The van der Waals surface area contributed by atoms with Crippen molar-refractivity contribution in [2.75, 3.05) is 19.7 Å². The van der Waals surface area contributed by atoms with E-state index in [4.69, 9.17) is 4.18 Å². The van der Waals surface area contributed by atoms with Crippen LogP contribution in [0.3, 0.4) is 0 Å². The van der Waals surface area contributed by atoms with E-state index >= 15 is 0 Å². The second kappa shape index (κ2) is 8.32. The van der Waals surface area contributed by atoms with Gasteiger partial charge in [0.05, 0.1) is 16.4 Å². The number of sulfonamides is 1. The summed E-state index contributed by atoms with van der Waals surface area (Å²) in [5, 5.41) is 0. The number of benzene rings is 2.